The van der Waals surface area contributed by atoms with Gasteiger partial charge in [-0.15, -0.1) is 5.10 Å². The molecular formula is C11H9N3S2. The van der Waals surface area contributed by atoms with Crippen molar-refractivity contribution in [3.63, 3.8) is 0 Å². The van der Waals surface area contributed by atoms with Crippen molar-refractivity contribution in [2.45, 2.75) is 0 Å². The molecule has 3 aromatic rings. The Morgan fingerprint density at radius 2 is 1.81 bits per heavy atom. The lowest BCUT2D eigenvalue weighted by Crippen LogP contribution is -1.80. The molecule has 16 heavy (non-hydrogen) atoms. The van der Waals surface area contributed by atoms with Crippen LogP contribution in [0.5, 0.6) is 0 Å². The summed E-state index contributed by atoms with van der Waals surface area (Å²) < 4.78 is 3.75. The van der Waals surface area contributed by atoms with Crippen molar-refractivity contribution in [3.05, 3.63) is 52.7 Å². The molecule has 3 aromatic heterocycles. The molecule has 3 heterocycles. The van der Waals surface area contributed by atoms with Crippen molar-refractivity contribution in [1.29, 1.82) is 0 Å². The van der Waals surface area contributed by atoms with E-state index < -0.39 is 0 Å². The number of hydrogen-bond acceptors (Lipinski definition) is 5. The number of nitrogens with zero attached hydrogens (tertiary/aromatic N) is 3. The van der Waals surface area contributed by atoms with E-state index in [-0.39, 0.29) is 0 Å². The van der Waals surface area contributed by atoms with Gasteiger partial charge in [0, 0.05) is 11.6 Å². The van der Waals surface area contributed by atoms with Crippen LogP contribution in [0.3, 0.4) is 0 Å². The average molecular weight is 247 g/mol. The summed E-state index contributed by atoms with van der Waals surface area (Å²) in [6.07, 6.45) is 1.74. The van der Waals surface area contributed by atoms with Crippen molar-refractivity contribution in [1.82, 2.24) is 14.6 Å². The molecule has 0 saturated carbocycles. The normalized spacial score (nSPS) is 9.25. The lowest BCUT2D eigenvalue weighted by Gasteiger charge is -1.89. The van der Waals surface area contributed by atoms with Crippen LogP contribution in [0, 0.1) is 0 Å². The number of thiophene rings is 1. The minimum absolute atomic E-state index is 0.843. The summed E-state index contributed by atoms with van der Waals surface area (Å²) in [5.41, 5.74) is 1.72. The Labute approximate surface area is 102 Å². The topological polar surface area (TPSA) is 38.7 Å². The van der Waals surface area contributed by atoms with Gasteiger partial charge in [0.25, 0.3) is 0 Å². The SMILES string of the molecule is c1ccc(-c2csnn2)nc1.c1ccsc1. The molecule has 3 rings (SSSR count). The fraction of sp³-hybridized carbons (Fsp3) is 0. The van der Waals surface area contributed by atoms with Crippen LogP contribution in [0.25, 0.3) is 11.4 Å². The molecule has 0 radical (unpaired) electrons. The van der Waals surface area contributed by atoms with Crippen LogP contribution in [0.4, 0.5) is 0 Å². The fourth-order valence-corrected chi connectivity index (χ4v) is 1.92. The zero-order chi connectivity index (χ0) is 11.1. The quantitative estimate of drug-likeness (QED) is 0.662. The maximum Gasteiger partial charge on any atom is 0.124 e. The van der Waals surface area contributed by atoms with Gasteiger partial charge in [0.2, 0.25) is 0 Å². The first-order valence-corrected chi connectivity index (χ1v) is 6.40. The smallest absolute Gasteiger partial charge is 0.124 e. The summed E-state index contributed by atoms with van der Waals surface area (Å²) in [6.45, 7) is 0. The predicted octanol–water partition coefficient (Wildman–Crippen LogP) is 3.35. The van der Waals surface area contributed by atoms with Crippen molar-refractivity contribution in [2.75, 3.05) is 0 Å². The molecule has 3 nitrogen and oxygen atoms in total. The van der Waals surface area contributed by atoms with E-state index in [2.05, 4.69) is 14.6 Å². The molecule has 0 aliphatic carbocycles. The Bertz CT molecular complexity index is 460. The molecule has 0 bridgehead atoms. The maximum atomic E-state index is 4.13. The minimum atomic E-state index is 0.843. The summed E-state index contributed by atoms with van der Waals surface area (Å²) in [7, 11) is 0. The van der Waals surface area contributed by atoms with Gasteiger partial charge in [0.15, 0.2) is 0 Å². The fourth-order valence-electron chi connectivity index (χ4n) is 1.02. The summed E-state index contributed by atoms with van der Waals surface area (Å²) in [5.74, 6) is 0. The molecule has 0 atom stereocenters. The van der Waals surface area contributed by atoms with Crippen LogP contribution < -0.4 is 0 Å². The molecule has 0 fully saturated rings. The first kappa shape index (κ1) is 10.9. The van der Waals surface area contributed by atoms with Crippen molar-refractivity contribution in [2.24, 2.45) is 0 Å². The summed E-state index contributed by atoms with van der Waals surface area (Å²) in [6, 6.07) is 9.76. The Kier molecular flexibility index (Phi) is 4.16. The van der Waals surface area contributed by atoms with Crippen LogP contribution >= 0.6 is 22.9 Å². The lowest BCUT2D eigenvalue weighted by atomic mass is 10.3. The van der Waals surface area contributed by atoms with Gasteiger partial charge in [-0.2, -0.15) is 11.3 Å². The molecular weight excluding hydrogens is 238 g/mol. The number of aromatic nitrogens is 3. The highest BCUT2D eigenvalue weighted by Gasteiger charge is 1.98. The Hall–Kier alpha value is -1.59. The van der Waals surface area contributed by atoms with Crippen LogP contribution in [-0.4, -0.2) is 14.6 Å². The molecule has 0 amide bonds. The number of rotatable bonds is 1. The third kappa shape index (κ3) is 3.22. The molecule has 0 unspecified atom stereocenters. The first-order valence-electron chi connectivity index (χ1n) is 4.62. The van der Waals surface area contributed by atoms with E-state index in [1.165, 1.54) is 11.5 Å². The summed E-state index contributed by atoms with van der Waals surface area (Å²) >= 11 is 3.05. The second-order valence-electron chi connectivity index (χ2n) is 2.80. The predicted molar refractivity (Wildman–Crippen MR) is 67.5 cm³/mol. The van der Waals surface area contributed by atoms with Gasteiger partial charge in [-0.1, -0.05) is 22.7 Å². The molecule has 0 N–H and O–H groups in total. The summed E-state index contributed by atoms with van der Waals surface area (Å²) in [5, 5.41) is 9.85. The molecule has 0 aliphatic heterocycles. The molecule has 0 aliphatic rings. The van der Waals surface area contributed by atoms with Gasteiger partial charge in [0.1, 0.15) is 5.69 Å². The second-order valence-corrected chi connectivity index (χ2v) is 4.22. The first-order chi connectivity index (χ1) is 7.97. The average Bonchev–Trinajstić information content (AvgIpc) is 3.07. The molecule has 0 saturated heterocycles. The molecule has 0 aromatic carbocycles. The van der Waals surface area contributed by atoms with Gasteiger partial charge in [-0.3, -0.25) is 4.98 Å². The second kappa shape index (κ2) is 6.09. The van der Waals surface area contributed by atoms with E-state index in [0.717, 1.165) is 11.4 Å². The highest BCUT2D eigenvalue weighted by molar-refractivity contribution is 7.07. The van der Waals surface area contributed by atoms with Gasteiger partial charge < -0.3 is 0 Å². The van der Waals surface area contributed by atoms with Gasteiger partial charge in [-0.25, -0.2) is 0 Å². The Morgan fingerprint density at radius 1 is 0.938 bits per heavy atom. The van der Waals surface area contributed by atoms with Gasteiger partial charge >= 0.3 is 0 Å². The minimum Gasteiger partial charge on any atom is -0.255 e. The van der Waals surface area contributed by atoms with E-state index >= 15 is 0 Å². The van der Waals surface area contributed by atoms with E-state index in [0.29, 0.717) is 0 Å². The van der Waals surface area contributed by atoms with Crippen molar-refractivity contribution >= 4 is 22.9 Å². The zero-order valence-corrected chi connectivity index (χ0v) is 9.99. The van der Waals surface area contributed by atoms with E-state index in [1.807, 2.05) is 46.5 Å². The standard InChI is InChI=1S/C7H5N3S.C4H4S/c1-2-4-8-6(3-1)7-5-11-10-9-7;1-2-4-5-3-1/h1-5H;1-4H. The highest BCUT2D eigenvalue weighted by atomic mass is 32.1. The molecule has 5 heteroatoms. The van der Waals surface area contributed by atoms with Gasteiger partial charge in [-0.05, 0) is 34.4 Å². The van der Waals surface area contributed by atoms with Crippen LogP contribution in [0.1, 0.15) is 0 Å². The monoisotopic (exact) mass is 247 g/mol. The highest BCUT2D eigenvalue weighted by Crippen LogP contribution is 2.12. The molecule has 80 valence electrons. The lowest BCUT2D eigenvalue weighted by molar-refractivity contribution is 1.14. The van der Waals surface area contributed by atoms with E-state index in [4.69, 9.17) is 0 Å². The number of pyridine rings is 1. The maximum absolute atomic E-state index is 4.13. The zero-order valence-electron chi connectivity index (χ0n) is 8.35. The van der Waals surface area contributed by atoms with Crippen LogP contribution in [-0.2, 0) is 0 Å². The van der Waals surface area contributed by atoms with E-state index in [1.54, 1.807) is 17.5 Å². The third-order valence-electron chi connectivity index (χ3n) is 1.71. The van der Waals surface area contributed by atoms with Crippen molar-refractivity contribution in [3.8, 4) is 11.4 Å². The third-order valence-corrected chi connectivity index (χ3v) is 2.85. The summed E-state index contributed by atoms with van der Waals surface area (Å²) in [4.78, 5) is 4.13. The van der Waals surface area contributed by atoms with Crippen LogP contribution in [0.2, 0.25) is 0 Å². The largest absolute Gasteiger partial charge is 0.255 e. The number of hydrogen-bond donors (Lipinski definition) is 0. The van der Waals surface area contributed by atoms with Crippen LogP contribution in [0.15, 0.2) is 52.7 Å². The molecule has 0 spiro atoms. The van der Waals surface area contributed by atoms with E-state index in [9.17, 15) is 0 Å². The Morgan fingerprint density at radius 3 is 2.31 bits per heavy atom. The Balaban J connectivity index is 0.000000162. The van der Waals surface area contributed by atoms with Crippen molar-refractivity contribution < 1.29 is 0 Å². The van der Waals surface area contributed by atoms with Gasteiger partial charge in [0.05, 0.1) is 5.69 Å².